The summed E-state index contributed by atoms with van der Waals surface area (Å²) in [6.07, 6.45) is 3.40. The van der Waals surface area contributed by atoms with Crippen molar-refractivity contribution in [1.29, 1.82) is 0 Å². The lowest BCUT2D eigenvalue weighted by Gasteiger charge is -2.14. The quantitative estimate of drug-likeness (QED) is 0.325. The van der Waals surface area contributed by atoms with Crippen LogP contribution in [0.5, 0.6) is 0 Å². The van der Waals surface area contributed by atoms with Gasteiger partial charge >= 0.3 is 0 Å². The number of nitrogens with zero attached hydrogens (tertiary/aromatic N) is 1. The van der Waals surface area contributed by atoms with Crippen LogP contribution in [0.1, 0.15) is 25.3 Å². The van der Waals surface area contributed by atoms with E-state index in [2.05, 4.69) is 40.5 Å². The molecule has 27 heavy (non-hydrogen) atoms. The van der Waals surface area contributed by atoms with Crippen LogP contribution in [0.4, 0.5) is 17.1 Å². The third-order valence-corrected chi connectivity index (χ3v) is 4.08. The Morgan fingerprint density at radius 3 is 2.26 bits per heavy atom. The molecule has 0 aliphatic rings. The number of hydrazine groups is 1. The summed E-state index contributed by atoms with van der Waals surface area (Å²) >= 11 is 10.3. The van der Waals surface area contributed by atoms with E-state index in [1.54, 1.807) is 18.2 Å². The SMILES string of the molecule is CCCCc1ccc(NC(=S)NNC(=S)Nc2ccccc2[N+](=O)[O-])cc1. The van der Waals surface area contributed by atoms with Gasteiger partial charge in [0.25, 0.3) is 5.69 Å². The van der Waals surface area contributed by atoms with Crippen LogP contribution in [0.3, 0.4) is 0 Å². The largest absolute Gasteiger partial charge is 0.331 e. The standard InChI is InChI=1S/C18H21N5O2S2/c1-2-3-6-13-9-11-14(12-10-13)19-17(26)21-22-18(27)20-15-7-4-5-8-16(15)23(24)25/h4-5,7-12H,2-3,6H2,1H3,(H2,19,21,26)(H2,20,22,27). The highest BCUT2D eigenvalue weighted by Crippen LogP contribution is 2.22. The Morgan fingerprint density at radius 1 is 1.00 bits per heavy atom. The average Bonchev–Trinajstić information content (AvgIpc) is 2.66. The molecule has 2 rings (SSSR count). The number of hydrogen-bond acceptors (Lipinski definition) is 4. The van der Waals surface area contributed by atoms with Crippen molar-refractivity contribution in [3.8, 4) is 0 Å². The van der Waals surface area contributed by atoms with Crippen molar-refractivity contribution in [3.63, 3.8) is 0 Å². The fraction of sp³-hybridized carbons (Fsp3) is 0.222. The molecule has 0 saturated carbocycles. The predicted octanol–water partition coefficient (Wildman–Crippen LogP) is 4.13. The van der Waals surface area contributed by atoms with Crippen molar-refractivity contribution in [2.75, 3.05) is 10.6 Å². The summed E-state index contributed by atoms with van der Waals surface area (Å²) in [7, 11) is 0. The minimum atomic E-state index is -0.477. The highest BCUT2D eigenvalue weighted by Gasteiger charge is 2.13. The third kappa shape index (κ3) is 6.80. The number of rotatable bonds is 6. The van der Waals surface area contributed by atoms with Crippen LogP contribution in [-0.2, 0) is 6.42 Å². The van der Waals surface area contributed by atoms with Gasteiger partial charge in [0.15, 0.2) is 10.2 Å². The number of unbranched alkanes of at least 4 members (excludes halogenated alkanes) is 1. The Kier molecular flexibility index (Phi) is 7.90. The number of nitro groups is 1. The minimum absolute atomic E-state index is 0.0643. The van der Waals surface area contributed by atoms with Crippen molar-refractivity contribution in [2.45, 2.75) is 26.2 Å². The number of benzene rings is 2. The van der Waals surface area contributed by atoms with Crippen molar-refractivity contribution in [1.82, 2.24) is 10.9 Å². The van der Waals surface area contributed by atoms with Gasteiger partial charge in [0, 0.05) is 11.8 Å². The van der Waals surface area contributed by atoms with E-state index in [-0.39, 0.29) is 10.8 Å². The molecule has 0 aliphatic carbocycles. The maximum Gasteiger partial charge on any atom is 0.292 e. The summed E-state index contributed by atoms with van der Waals surface area (Å²) in [4.78, 5) is 10.5. The molecular weight excluding hydrogens is 382 g/mol. The monoisotopic (exact) mass is 403 g/mol. The number of hydrogen-bond donors (Lipinski definition) is 4. The van der Waals surface area contributed by atoms with Crippen LogP contribution in [0, 0.1) is 10.1 Å². The second-order valence-corrected chi connectivity index (χ2v) is 6.55. The normalized spacial score (nSPS) is 9.96. The lowest BCUT2D eigenvalue weighted by Crippen LogP contribution is -2.45. The molecule has 2 aromatic rings. The van der Waals surface area contributed by atoms with Crippen molar-refractivity contribution in [2.24, 2.45) is 0 Å². The molecule has 4 N–H and O–H groups in total. The van der Waals surface area contributed by atoms with Crippen LogP contribution in [-0.4, -0.2) is 15.1 Å². The number of para-hydroxylation sites is 2. The molecule has 0 bridgehead atoms. The highest BCUT2D eigenvalue weighted by molar-refractivity contribution is 7.81. The van der Waals surface area contributed by atoms with Crippen molar-refractivity contribution < 1.29 is 4.92 Å². The summed E-state index contributed by atoms with van der Waals surface area (Å²) in [6.45, 7) is 2.17. The molecule has 142 valence electrons. The zero-order valence-electron chi connectivity index (χ0n) is 14.8. The molecule has 0 radical (unpaired) electrons. The maximum absolute atomic E-state index is 11.0. The van der Waals surface area contributed by atoms with Gasteiger partial charge in [0.05, 0.1) is 4.92 Å². The number of thiocarbonyl (C=S) groups is 2. The molecule has 0 fully saturated rings. The molecule has 0 spiro atoms. The van der Waals surface area contributed by atoms with E-state index < -0.39 is 4.92 Å². The van der Waals surface area contributed by atoms with E-state index in [0.29, 0.717) is 10.8 Å². The summed E-state index contributed by atoms with van der Waals surface area (Å²) in [5, 5.41) is 17.3. The van der Waals surface area contributed by atoms with Gasteiger partial charge in [-0.25, -0.2) is 0 Å². The molecule has 0 aromatic heterocycles. The Balaban J connectivity index is 1.81. The number of aryl methyl sites for hydroxylation is 1. The lowest BCUT2D eigenvalue weighted by molar-refractivity contribution is -0.383. The molecule has 0 atom stereocenters. The molecule has 7 nitrogen and oxygen atoms in total. The fourth-order valence-corrected chi connectivity index (χ4v) is 2.63. The molecular formula is C18H21N5O2S2. The summed E-state index contributed by atoms with van der Waals surface area (Å²) < 4.78 is 0. The first kappa shape index (κ1) is 20.5. The van der Waals surface area contributed by atoms with E-state index in [1.807, 2.05) is 12.1 Å². The average molecular weight is 404 g/mol. The number of nitrogens with one attached hydrogen (secondary N) is 4. The summed E-state index contributed by atoms with van der Waals surface area (Å²) in [5.41, 5.74) is 7.82. The molecule has 2 aromatic carbocycles. The van der Waals surface area contributed by atoms with Crippen molar-refractivity contribution >= 4 is 51.7 Å². The van der Waals surface area contributed by atoms with E-state index in [0.717, 1.165) is 12.1 Å². The Hall–Kier alpha value is -2.78. The smallest absolute Gasteiger partial charge is 0.292 e. The first-order valence-electron chi connectivity index (χ1n) is 8.46. The Morgan fingerprint density at radius 2 is 1.63 bits per heavy atom. The maximum atomic E-state index is 11.0. The molecule has 0 saturated heterocycles. The van der Waals surface area contributed by atoms with Crippen LogP contribution in [0.25, 0.3) is 0 Å². The van der Waals surface area contributed by atoms with Crippen LogP contribution < -0.4 is 21.5 Å². The Bertz CT molecular complexity index is 812. The molecule has 0 amide bonds. The number of nitro benzene ring substituents is 1. The fourth-order valence-electron chi connectivity index (χ4n) is 2.30. The second-order valence-electron chi connectivity index (χ2n) is 5.73. The van der Waals surface area contributed by atoms with Gasteiger partial charge < -0.3 is 10.6 Å². The second kappa shape index (κ2) is 10.4. The predicted molar refractivity (Wildman–Crippen MR) is 117 cm³/mol. The van der Waals surface area contributed by atoms with E-state index >= 15 is 0 Å². The van der Waals surface area contributed by atoms with Gasteiger partial charge in [-0.3, -0.25) is 21.0 Å². The lowest BCUT2D eigenvalue weighted by atomic mass is 10.1. The molecule has 0 aliphatic heterocycles. The van der Waals surface area contributed by atoms with E-state index in [1.165, 1.54) is 24.5 Å². The van der Waals surface area contributed by atoms with Gasteiger partial charge in [0.1, 0.15) is 5.69 Å². The van der Waals surface area contributed by atoms with Crippen LogP contribution in [0.2, 0.25) is 0 Å². The molecule has 0 heterocycles. The molecule has 9 heteroatoms. The first-order valence-corrected chi connectivity index (χ1v) is 9.27. The highest BCUT2D eigenvalue weighted by atomic mass is 32.1. The Labute approximate surface area is 168 Å². The minimum Gasteiger partial charge on any atom is -0.331 e. The first-order chi connectivity index (χ1) is 13.0. The van der Waals surface area contributed by atoms with Gasteiger partial charge in [-0.1, -0.05) is 37.6 Å². The summed E-state index contributed by atoms with van der Waals surface area (Å²) in [6, 6.07) is 14.3. The van der Waals surface area contributed by atoms with Crippen molar-refractivity contribution in [3.05, 3.63) is 64.2 Å². The van der Waals surface area contributed by atoms with Gasteiger partial charge in [-0.15, -0.1) is 0 Å². The van der Waals surface area contributed by atoms with Gasteiger partial charge in [0.2, 0.25) is 0 Å². The van der Waals surface area contributed by atoms with Gasteiger partial charge in [-0.2, -0.15) is 0 Å². The van der Waals surface area contributed by atoms with Crippen LogP contribution >= 0.6 is 24.4 Å². The molecule has 0 unspecified atom stereocenters. The van der Waals surface area contributed by atoms with Gasteiger partial charge in [-0.05, 0) is 61.0 Å². The third-order valence-electron chi connectivity index (χ3n) is 3.67. The van der Waals surface area contributed by atoms with E-state index in [9.17, 15) is 10.1 Å². The zero-order chi connectivity index (χ0) is 19.6. The van der Waals surface area contributed by atoms with Crippen LogP contribution in [0.15, 0.2) is 48.5 Å². The topological polar surface area (TPSA) is 91.3 Å². The zero-order valence-corrected chi connectivity index (χ0v) is 16.5. The number of anilines is 2. The van der Waals surface area contributed by atoms with E-state index in [4.69, 9.17) is 24.4 Å². The summed E-state index contributed by atoms with van der Waals surface area (Å²) in [5.74, 6) is 0.